The Morgan fingerprint density at radius 2 is 1.88 bits per heavy atom. The van der Waals surface area contributed by atoms with E-state index in [1.54, 1.807) is 12.3 Å². The van der Waals surface area contributed by atoms with Crippen LogP contribution >= 0.6 is 0 Å². The van der Waals surface area contributed by atoms with Crippen molar-refractivity contribution in [3.8, 4) is 0 Å². The molecule has 2 N–H and O–H groups in total. The number of ketones is 2. The minimum Gasteiger partial charge on any atom is -0.460 e. The topological polar surface area (TPSA) is 125 Å². The van der Waals surface area contributed by atoms with Crippen molar-refractivity contribution in [2.24, 2.45) is 0 Å². The molecule has 0 amide bonds. The number of carbonyl (C=O) groups is 2. The fraction of sp³-hybridized carbons (Fsp3) is 0.417. The van der Waals surface area contributed by atoms with E-state index in [1.807, 2.05) is 6.92 Å². The van der Waals surface area contributed by atoms with Gasteiger partial charge in [-0.1, -0.05) is 6.92 Å². The smallest absolute Gasteiger partial charge is 0.228 e. The number of fused-ring (bicyclic) bond motifs is 4. The Balaban J connectivity index is 1.55. The summed E-state index contributed by atoms with van der Waals surface area (Å²) in [6.45, 7) is 2.01. The van der Waals surface area contributed by atoms with Crippen LogP contribution in [0.25, 0.3) is 0 Å². The summed E-state index contributed by atoms with van der Waals surface area (Å²) in [4.78, 5) is 28.0. The molecule has 8 nitrogen and oxygen atoms in total. The molecule has 0 saturated carbocycles. The van der Waals surface area contributed by atoms with Gasteiger partial charge in [0.1, 0.15) is 16.7 Å². The highest BCUT2D eigenvalue weighted by molar-refractivity contribution is 7.96. The molecule has 9 heteroatoms. The molecule has 0 radical (unpaired) electrons. The van der Waals surface area contributed by atoms with Crippen LogP contribution in [0.5, 0.6) is 0 Å². The average Bonchev–Trinajstić information content (AvgIpc) is 3.31. The summed E-state index contributed by atoms with van der Waals surface area (Å²) in [6, 6.07) is 3.13. The number of hydrogen-bond donors (Lipinski definition) is 2. The lowest BCUT2D eigenvalue weighted by atomic mass is 9.62. The predicted molar refractivity (Wildman–Crippen MR) is 114 cm³/mol. The van der Waals surface area contributed by atoms with E-state index in [2.05, 4.69) is 0 Å². The Hall–Kier alpha value is -2.75. The quantitative estimate of drug-likeness (QED) is 0.597. The molecule has 33 heavy (non-hydrogen) atoms. The molecule has 0 spiro atoms. The minimum atomic E-state index is -3.93. The van der Waals surface area contributed by atoms with Gasteiger partial charge in [-0.3, -0.25) is 9.59 Å². The SMILES string of the molecule is CC12CCCc3coc(c31)C(=O)c1cc3c(cc12)C(=O)C1=C2N(CCS1(=O)=O)C(O)CC23O. The van der Waals surface area contributed by atoms with Crippen LogP contribution < -0.4 is 0 Å². The number of sulfone groups is 1. The summed E-state index contributed by atoms with van der Waals surface area (Å²) in [6.07, 6.45) is 2.77. The molecule has 1 fully saturated rings. The second kappa shape index (κ2) is 5.65. The van der Waals surface area contributed by atoms with Gasteiger partial charge in [0.05, 0.1) is 17.7 Å². The zero-order valence-electron chi connectivity index (χ0n) is 17.8. The van der Waals surface area contributed by atoms with Crippen molar-refractivity contribution in [3.63, 3.8) is 0 Å². The maximum Gasteiger partial charge on any atom is 0.228 e. The van der Waals surface area contributed by atoms with Gasteiger partial charge in [0.2, 0.25) is 11.6 Å². The van der Waals surface area contributed by atoms with Crippen LogP contribution in [-0.4, -0.2) is 53.6 Å². The number of benzene rings is 1. The predicted octanol–water partition coefficient (Wildman–Crippen LogP) is 1.51. The first-order valence-corrected chi connectivity index (χ1v) is 12.8. The largest absolute Gasteiger partial charge is 0.460 e. The van der Waals surface area contributed by atoms with E-state index in [-0.39, 0.29) is 41.3 Å². The van der Waals surface area contributed by atoms with Crippen LogP contribution in [0.1, 0.15) is 74.9 Å². The van der Waals surface area contributed by atoms with Gasteiger partial charge in [-0.25, -0.2) is 8.42 Å². The van der Waals surface area contributed by atoms with Crippen LogP contribution in [0.3, 0.4) is 0 Å². The molecule has 2 aromatic rings. The van der Waals surface area contributed by atoms with Crippen molar-refractivity contribution in [1.29, 1.82) is 0 Å². The summed E-state index contributed by atoms with van der Waals surface area (Å²) in [7, 11) is -3.93. The molecule has 0 bridgehead atoms. The molecule has 3 atom stereocenters. The van der Waals surface area contributed by atoms with Crippen LogP contribution in [0.4, 0.5) is 0 Å². The van der Waals surface area contributed by atoms with Crippen molar-refractivity contribution in [2.75, 3.05) is 12.3 Å². The molecule has 3 unspecified atom stereocenters. The summed E-state index contributed by atoms with van der Waals surface area (Å²) < 4.78 is 31.6. The highest BCUT2D eigenvalue weighted by Crippen LogP contribution is 2.55. The number of aryl methyl sites for hydroxylation is 1. The first kappa shape index (κ1) is 19.7. The van der Waals surface area contributed by atoms with E-state index in [0.29, 0.717) is 16.9 Å². The molecular weight excluding hydrogens is 446 g/mol. The number of Topliss-reactive ketones (excluding diaryl/α,β-unsaturated/α-hetero) is 1. The normalized spacial score (nSPS) is 32.9. The van der Waals surface area contributed by atoms with Gasteiger partial charge in [-0.2, -0.15) is 0 Å². The van der Waals surface area contributed by atoms with E-state index in [0.717, 1.165) is 30.4 Å². The number of nitrogens with zero attached hydrogens (tertiary/aromatic N) is 1. The summed E-state index contributed by atoms with van der Waals surface area (Å²) in [5.74, 6) is -1.00. The Bertz CT molecular complexity index is 1480. The molecule has 170 valence electrons. The number of aliphatic hydroxyl groups is 2. The number of rotatable bonds is 0. The highest BCUT2D eigenvalue weighted by atomic mass is 32.2. The third-order valence-corrected chi connectivity index (χ3v) is 10.0. The van der Waals surface area contributed by atoms with Gasteiger partial charge in [-0.15, -0.1) is 0 Å². The van der Waals surface area contributed by atoms with Gasteiger partial charge < -0.3 is 19.5 Å². The fourth-order valence-electron chi connectivity index (χ4n) is 6.79. The molecule has 7 rings (SSSR count). The second-order valence-corrected chi connectivity index (χ2v) is 12.0. The highest BCUT2D eigenvalue weighted by Gasteiger charge is 2.59. The van der Waals surface area contributed by atoms with Gasteiger partial charge >= 0.3 is 0 Å². The Morgan fingerprint density at radius 1 is 1.15 bits per heavy atom. The standard InChI is InChI=1S/C24H21NO7S/c1-23-4-2-3-11-10-32-20(17(11)23)18(27)12-8-15-13(7-14(12)23)19(28)21-22-24(15,29)9-16(26)25(22)5-6-33(21,30)31/h7-8,10,16,26,29H,2-6,9H2,1H3. The number of aliphatic hydroxyl groups excluding tert-OH is 1. The van der Waals surface area contributed by atoms with Crippen LogP contribution in [-0.2, 0) is 27.3 Å². The van der Waals surface area contributed by atoms with Gasteiger partial charge in [-0.05, 0) is 42.5 Å². The summed E-state index contributed by atoms with van der Waals surface area (Å²) >= 11 is 0. The number of furan rings is 1. The van der Waals surface area contributed by atoms with Gasteiger partial charge in [0.25, 0.3) is 0 Å². The zero-order valence-corrected chi connectivity index (χ0v) is 18.7. The van der Waals surface area contributed by atoms with Crippen LogP contribution in [0, 0.1) is 0 Å². The van der Waals surface area contributed by atoms with Crippen LogP contribution in [0.15, 0.2) is 33.4 Å². The molecular formula is C24H21NO7S. The first-order chi connectivity index (χ1) is 15.6. The van der Waals surface area contributed by atoms with Crippen molar-refractivity contribution < 1.29 is 32.6 Å². The lowest BCUT2D eigenvalue weighted by Crippen LogP contribution is -2.45. The molecule has 3 aliphatic carbocycles. The lowest BCUT2D eigenvalue weighted by molar-refractivity contribution is 0.0341. The van der Waals surface area contributed by atoms with E-state index in [1.165, 1.54) is 11.0 Å². The number of carbonyl (C=O) groups excluding carboxylic acids is 2. The van der Waals surface area contributed by atoms with Gasteiger partial charge in [0, 0.05) is 40.6 Å². The minimum absolute atomic E-state index is 0.00622. The molecule has 1 saturated heterocycles. The van der Waals surface area contributed by atoms with E-state index < -0.39 is 37.8 Å². The van der Waals surface area contributed by atoms with Gasteiger partial charge in [0.15, 0.2) is 15.6 Å². The fourth-order valence-corrected chi connectivity index (χ4v) is 8.40. The lowest BCUT2D eigenvalue weighted by Gasteiger charge is -2.42. The molecule has 1 aromatic heterocycles. The average molecular weight is 467 g/mol. The Morgan fingerprint density at radius 3 is 2.67 bits per heavy atom. The molecule has 5 aliphatic rings. The van der Waals surface area contributed by atoms with Crippen molar-refractivity contribution in [1.82, 2.24) is 4.90 Å². The van der Waals surface area contributed by atoms with E-state index >= 15 is 0 Å². The van der Waals surface area contributed by atoms with Crippen molar-refractivity contribution >= 4 is 21.4 Å². The Kier molecular flexibility index (Phi) is 3.37. The van der Waals surface area contributed by atoms with E-state index in [9.17, 15) is 28.2 Å². The number of hydrogen-bond acceptors (Lipinski definition) is 8. The maximum absolute atomic E-state index is 13.6. The molecule has 3 heterocycles. The third-order valence-electron chi connectivity index (χ3n) is 8.29. The van der Waals surface area contributed by atoms with Crippen molar-refractivity contribution in [3.05, 3.63) is 68.1 Å². The summed E-state index contributed by atoms with van der Waals surface area (Å²) in [5, 5.41) is 22.4. The summed E-state index contributed by atoms with van der Waals surface area (Å²) in [5.41, 5.74) is 0.604. The number of allylic oxidation sites excluding steroid dienone is 1. The Labute approximate surface area is 189 Å². The maximum atomic E-state index is 13.6. The first-order valence-electron chi connectivity index (χ1n) is 11.1. The molecule has 1 aromatic carbocycles. The third kappa shape index (κ3) is 2.08. The molecule has 2 aliphatic heterocycles. The van der Waals surface area contributed by atoms with E-state index in [4.69, 9.17) is 4.42 Å². The zero-order chi connectivity index (χ0) is 23.1. The monoisotopic (exact) mass is 467 g/mol. The van der Waals surface area contributed by atoms with Crippen LogP contribution in [0.2, 0.25) is 0 Å². The van der Waals surface area contributed by atoms with Crippen molar-refractivity contribution in [2.45, 2.75) is 49.9 Å². The second-order valence-electron chi connectivity index (χ2n) is 9.99.